The van der Waals surface area contributed by atoms with Gasteiger partial charge in [0.1, 0.15) is 5.78 Å². The second kappa shape index (κ2) is 51.7. The van der Waals surface area contributed by atoms with Crippen molar-refractivity contribution >= 4 is 62.7 Å². The molecule has 3 nitrogen and oxygen atoms in total. The van der Waals surface area contributed by atoms with Gasteiger partial charge >= 0.3 is 49.4 Å². The number of carbonyl (C=O) groups is 2. The Hall–Kier alpha value is -2.30. The van der Waals surface area contributed by atoms with Gasteiger partial charge in [-0.2, -0.15) is 0 Å². The summed E-state index contributed by atoms with van der Waals surface area (Å²) in [6.07, 6.45) is 4.01. The third kappa shape index (κ3) is 38.4. The average Bonchev–Trinajstić information content (AvgIpc) is 3.25. The van der Waals surface area contributed by atoms with Crippen LogP contribution in [0.25, 0.3) is 11.1 Å². The second-order valence-corrected chi connectivity index (χ2v) is 21.7. The van der Waals surface area contributed by atoms with E-state index in [1.807, 2.05) is 144 Å². The molecule has 4 aromatic rings. The van der Waals surface area contributed by atoms with Gasteiger partial charge in [-0.05, 0) is 81.3 Å². The number of carbonyl (C=O) groups excluding carboxylic acids is 2. The van der Waals surface area contributed by atoms with Crippen molar-refractivity contribution in [3.8, 4) is 0 Å². The molecule has 1 unspecified atom stereocenters. The Balaban J connectivity index is -0.000000152. The van der Waals surface area contributed by atoms with Gasteiger partial charge in [0.25, 0.3) is 0 Å². The Kier molecular flexibility index (Phi) is 60.7. The number of nitrogens with zero attached hydrogens (tertiary/aromatic N) is 1. The normalized spacial score (nSPS) is 8.60. The molecule has 0 bridgehead atoms. The third-order valence-corrected chi connectivity index (χ3v) is 5.91. The molecule has 0 fully saturated rings. The van der Waals surface area contributed by atoms with Crippen molar-refractivity contribution in [3.63, 3.8) is 0 Å². The summed E-state index contributed by atoms with van der Waals surface area (Å²) in [7, 11) is 4.84. The molecule has 4 rings (SSSR count). The molecule has 0 heterocycles. The van der Waals surface area contributed by atoms with E-state index in [0.717, 1.165) is 16.7 Å². The maximum atomic E-state index is 11.3. The molecule has 55 heavy (non-hydrogen) atoms. The van der Waals surface area contributed by atoms with Crippen LogP contribution in [0.4, 0.5) is 0 Å². The van der Waals surface area contributed by atoms with Crippen LogP contribution >= 0.6 is 40.0 Å². The van der Waals surface area contributed by atoms with E-state index in [4.69, 9.17) is 0 Å². The van der Waals surface area contributed by atoms with Gasteiger partial charge in [0, 0.05) is 6.04 Å². The summed E-state index contributed by atoms with van der Waals surface area (Å²) in [6.45, 7) is 30.8. The molecular weight excluding hydrogens is 939 g/mol. The van der Waals surface area contributed by atoms with Crippen molar-refractivity contribution in [1.82, 2.24) is 4.90 Å². The predicted octanol–water partition coefficient (Wildman–Crippen LogP) is 16.3. The summed E-state index contributed by atoms with van der Waals surface area (Å²) in [6, 6.07) is 41.5. The van der Waals surface area contributed by atoms with Gasteiger partial charge in [-0.15, -0.1) is 0 Å². The fourth-order valence-electron chi connectivity index (χ4n) is 3.76. The van der Waals surface area contributed by atoms with Crippen LogP contribution in [0.2, 0.25) is 0 Å². The Bertz CT molecular complexity index is 1310. The molecule has 6 heteroatoms. The monoisotopic (exact) mass is 1020 g/mol. The molecule has 0 radical (unpaired) electrons. The molecule has 1 atom stereocenters. The molecule has 4 aromatic carbocycles. The molecule has 0 aliphatic rings. The summed E-state index contributed by atoms with van der Waals surface area (Å²) < 4.78 is 0. The molecule has 0 spiro atoms. The first-order valence-corrected chi connectivity index (χ1v) is 28.8. The van der Waals surface area contributed by atoms with Crippen LogP contribution in [0, 0.1) is 0 Å². The zero-order valence-corrected chi connectivity index (χ0v) is 43.5. The van der Waals surface area contributed by atoms with Crippen LogP contribution in [-0.4, -0.2) is 36.6 Å². The van der Waals surface area contributed by atoms with Crippen LogP contribution in [0.1, 0.15) is 133 Å². The first-order valence-electron chi connectivity index (χ1n) is 19.8. The zero-order chi connectivity index (χ0) is 44.0. The summed E-state index contributed by atoms with van der Waals surface area (Å²) in [5.41, 5.74) is 6.92. The van der Waals surface area contributed by atoms with Gasteiger partial charge in [-0.25, -0.2) is 0 Å². The fraction of sp³-hybridized carbons (Fsp3) is 0.388. The van der Waals surface area contributed by atoms with Gasteiger partial charge in [-0.1, -0.05) is 210 Å². The second-order valence-electron chi connectivity index (χ2n) is 9.89. The summed E-state index contributed by atoms with van der Waals surface area (Å²) in [5, 5.41) is 0. The molecule has 0 N–H and O–H groups in total. The van der Waals surface area contributed by atoms with Crippen LogP contribution < -0.4 is 0 Å². The summed E-state index contributed by atoms with van der Waals surface area (Å²) >= 11 is 4.74. The first-order chi connectivity index (χ1) is 26.6. The van der Waals surface area contributed by atoms with Gasteiger partial charge in [0.15, 0.2) is 5.78 Å². The van der Waals surface area contributed by atoms with Crippen LogP contribution in [0.3, 0.4) is 0 Å². The number of hydrogen-bond acceptors (Lipinski definition) is 3. The molecule has 0 aliphatic heterocycles. The topological polar surface area (TPSA) is 37.4 Å². The number of ketones is 2. The standard InChI is InChI=1S/C18H21N.C16H14O.C3H6O.6C2H6.2HI.V/c1-15(19(2)3)14-18(16-10-6-4-7-11-16)17-12-8-5-9-13-17;1-13(17)12-16(14-8-4-2-5-9-14)15-10-6-3-7-11-15;1-3(2)4;6*1-2;;;/h4-15H,1-3H3;2-12H,1H3;1-2H3;6*1-2H3;2*1H;/q;;;;;;;;;;;+2/p-2. The van der Waals surface area contributed by atoms with Crippen molar-refractivity contribution in [2.75, 3.05) is 14.1 Å². The van der Waals surface area contributed by atoms with E-state index >= 15 is 0 Å². The molecule has 0 saturated carbocycles. The van der Waals surface area contributed by atoms with E-state index in [1.165, 1.54) is 30.5 Å². The Morgan fingerprint density at radius 3 is 0.873 bits per heavy atom. The fourth-order valence-corrected chi connectivity index (χ4v) is 3.76. The van der Waals surface area contributed by atoms with Crippen molar-refractivity contribution in [3.05, 3.63) is 156 Å². The molecule has 309 valence electrons. The molecular formula is C49H77I2NO2V. The number of Topliss-reactive ketones (excluding diaryl/α,β-unsaturated/α-hetero) is 1. The van der Waals surface area contributed by atoms with E-state index in [9.17, 15) is 9.59 Å². The van der Waals surface area contributed by atoms with Gasteiger partial charge in [0.2, 0.25) is 0 Å². The molecule has 0 amide bonds. The number of hydrogen-bond donors (Lipinski definition) is 0. The van der Waals surface area contributed by atoms with Crippen molar-refractivity contribution in [2.45, 2.75) is 117 Å². The Labute approximate surface area is 370 Å². The van der Waals surface area contributed by atoms with Crippen LogP contribution in [0.5, 0.6) is 0 Å². The summed E-state index contributed by atoms with van der Waals surface area (Å²) in [4.78, 5) is 23.0. The molecule has 0 saturated heterocycles. The van der Waals surface area contributed by atoms with Crippen LogP contribution in [-0.2, 0) is 19.1 Å². The summed E-state index contributed by atoms with van der Waals surface area (Å²) in [5.74, 6) is 0.229. The molecule has 0 aliphatic carbocycles. The minimum atomic E-state index is 0.0627. The van der Waals surface area contributed by atoms with Crippen molar-refractivity contribution in [1.29, 1.82) is 0 Å². The van der Waals surface area contributed by atoms with E-state index in [-0.39, 0.29) is 11.6 Å². The number of benzene rings is 4. The van der Waals surface area contributed by atoms with Gasteiger partial charge in [0.05, 0.1) is 0 Å². The minimum absolute atomic E-state index is 0.0627. The number of rotatable bonds is 7. The average molecular weight is 1020 g/mol. The number of likely N-dealkylation sites (N-methyl/N-ethyl adjacent to an activating group) is 1. The number of halogens is 2. The number of allylic oxidation sites excluding steroid dienone is 1. The SMILES string of the molecule is CC.CC.CC.CC.CC.CC.CC(=O)C=C(c1ccccc1)c1ccccc1.CC(C)=O.CC(C=C(c1ccccc1)c1ccccc1)N(C)C.[I][V][I]. The van der Waals surface area contributed by atoms with E-state index in [0.29, 0.717) is 15.5 Å². The van der Waals surface area contributed by atoms with Crippen molar-refractivity contribution < 1.29 is 19.1 Å². The van der Waals surface area contributed by atoms with E-state index in [1.54, 1.807) is 13.0 Å². The van der Waals surface area contributed by atoms with E-state index in [2.05, 4.69) is 133 Å². The Morgan fingerprint density at radius 2 is 0.691 bits per heavy atom. The first kappa shape index (κ1) is 64.6. The quantitative estimate of drug-likeness (QED) is 0.137. The third-order valence-electron chi connectivity index (χ3n) is 5.91. The van der Waals surface area contributed by atoms with Gasteiger partial charge < -0.3 is 9.69 Å². The zero-order valence-electron chi connectivity index (χ0n) is 37.7. The van der Waals surface area contributed by atoms with E-state index < -0.39 is 0 Å². The van der Waals surface area contributed by atoms with Gasteiger partial charge in [-0.3, -0.25) is 4.79 Å². The maximum absolute atomic E-state index is 11.3. The Morgan fingerprint density at radius 1 is 0.491 bits per heavy atom. The predicted molar refractivity (Wildman–Crippen MR) is 266 cm³/mol. The van der Waals surface area contributed by atoms with Crippen LogP contribution in [0.15, 0.2) is 133 Å². The van der Waals surface area contributed by atoms with Crippen molar-refractivity contribution in [2.24, 2.45) is 0 Å². The molecule has 0 aromatic heterocycles.